The lowest BCUT2D eigenvalue weighted by Crippen LogP contribution is -2.41. The maximum atomic E-state index is 13.9. The third-order valence-electron chi connectivity index (χ3n) is 11.6. The Morgan fingerprint density at radius 3 is 1.94 bits per heavy atom. The van der Waals surface area contributed by atoms with Crippen LogP contribution in [-0.2, 0) is 14.3 Å². The number of H-pyrrole nitrogens is 1. The molecule has 0 spiro atoms. The molecule has 0 aliphatic carbocycles. The van der Waals surface area contributed by atoms with Gasteiger partial charge in [0.2, 0.25) is 0 Å². The minimum Gasteiger partial charge on any atom is -0.463 e. The normalized spacial score (nSPS) is 22.3. The quantitative estimate of drug-likeness (QED) is 0.0607. The number of aromatic amines is 1. The van der Waals surface area contributed by atoms with Gasteiger partial charge in [0.25, 0.3) is 17.4 Å². The van der Waals surface area contributed by atoms with Crippen LogP contribution in [0.1, 0.15) is 83.9 Å². The molecule has 2 amide bonds. The van der Waals surface area contributed by atoms with Crippen molar-refractivity contribution in [1.82, 2.24) is 50.8 Å². The summed E-state index contributed by atoms with van der Waals surface area (Å²) in [5, 5.41) is 21.1. The highest BCUT2D eigenvalue weighted by Crippen LogP contribution is 2.30. The summed E-state index contributed by atoms with van der Waals surface area (Å²) < 4.78 is 12.7. The number of ether oxygens (including phenoxy) is 2. The number of nitrogens with zero attached hydrogens (tertiary/aromatic N) is 7. The smallest absolute Gasteiger partial charge is 0.330 e. The van der Waals surface area contributed by atoms with Crippen molar-refractivity contribution in [3.8, 4) is 0 Å². The number of nitrogens with one attached hydrogen (secondary N) is 6. The average Bonchev–Trinajstić information content (AvgIpc) is 3.69. The summed E-state index contributed by atoms with van der Waals surface area (Å²) in [6.07, 6.45) is 5.30. The molecule has 20 heteroatoms. The topological polar surface area (TPSA) is 243 Å². The lowest BCUT2D eigenvalue weighted by Gasteiger charge is -2.27. The van der Waals surface area contributed by atoms with Crippen LogP contribution >= 0.6 is 0 Å². The van der Waals surface area contributed by atoms with Gasteiger partial charge in [-0.25, -0.2) is 4.79 Å². The van der Waals surface area contributed by atoms with Gasteiger partial charge < -0.3 is 50.8 Å². The maximum absolute atomic E-state index is 13.9. The number of amides is 2. The zero-order valence-electron chi connectivity index (χ0n) is 37.0. The molecule has 1 aromatic carbocycles. The fraction of sp³-hybridized carbons (Fsp3) is 0.698. The molecule has 3 unspecified atom stereocenters. The summed E-state index contributed by atoms with van der Waals surface area (Å²) >= 11 is 0. The number of unbranched alkanes of at least 4 members (excludes halogenated alkanes) is 1. The van der Waals surface area contributed by atoms with Crippen molar-refractivity contribution in [2.24, 2.45) is 5.11 Å². The van der Waals surface area contributed by atoms with Crippen LogP contribution in [0.4, 0.5) is 0 Å². The van der Waals surface area contributed by atoms with Crippen LogP contribution in [0.5, 0.6) is 0 Å². The molecule has 3 fully saturated rings. The van der Waals surface area contributed by atoms with Crippen LogP contribution < -0.4 is 37.8 Å². The van der Waals surface area contributed by atoms with E-state index in [0.29, 0.717) is 55.8 Å². The third-order valence-corrected chi connectivity index (χ3v) is 11.6. The molecule has 3 aliphatic rings. The van der Waals surface area contributed by atoms with Crippen molar-refractivity contribution >= 4 is 17.8 Å². The van der Waals surface area contributed by atoms with Gasteiger partial charge in [-0.2, -0.15) is 0 Å². The van der Waals surface area contributed by atoms with Crippen LogP contribution in [0.2, 0.25) is 0 Å². The van der Waals surface area contributed by atoms with Crippen molar-refractivity contribution in [2.75, 3.05) is 118 Å². The number of aryl methyl sites for hydroxylation is 1. The van der Waals surface area contributed by atoms with Gasteiger partial charge in [0.1, 0.15) is 18.9 Å². The molecule has 3 saturated heterocycles. The summed E-state index contributed by atoms with van der Waals surface area (Å²) in [5.41, 5.74) is 9.45. The molecule has 0 radical (unpaired) electrons. The van der Waals surface area contributed by atoms with Crippen LogP contribution in [-0.4, -0.2) is 172 Å². The second-order valence-corrected chi connectivity index (χ2v) is 16.4. The zero-order valence-corrected chi connectivity index (χ0v) is 37.0. The summed E-state index contributed by atoms with van der Waals surface area (Å²) in [6.45, 7) is 14.8. The van der Waals surface area contributed by atoms with Gasteiger partial charge in [-0.05, 0) is 121 Å². The summed E-state index contributed by atoms with van der Waals surface area (Å²) in [4.78, 5) is 75.9. The minimum atomic E-state index is -0.784. The van der Waals surface area contributed by atoms with Gasteiger partial charge in [-0.15, -0.1) is 0 Å². The SMILES string of the molecule is Cc1cn(C2CC(N=[N+]=[N-])C(COC(=O)CCCCN3CCCN(C(=O)c4ccc(C(=O)N5CCCNCCNCCCNCC5)cc4)CCNCCCNCC3)O2)c(=O)[nH]c1=O. The van der Waals surface area contributed by atoms with Gasteiger partial charge in [0.15, 0.2) is 0 Å². The minimum absolute atomic E-state index is 0.0223. The van der Waals surface area contributed by atoms with Gasteiger partial charge in [-0.1, -0.05) is 5.11 Å². The van der Waals surface area contributed by atoms with E-state index in [1.54, 1.807) is 31.2 Å². The Morgan fingerprint density at radius 2 is 1.32 bits per heavy atom. The first-order chi connectivity index (χ1) is 30.7. The highest BCUT2D eigenvalue weighted by Gasteiger charge is 2.37. The van der Waals surface area contributed by atoms with Crippen LogP contribution in [0.3, 0.4) is 0 Å². The molecule has 348 valence electrons. The van der Waals surface area contributed by atoms with Gasteiger partial charge in [0, 0.05) is 106 Å². The second-order valence-electron chi connectivity index (χ2n) is 16.4. The number of esters is 1. The Kier molecular flexibility index (Phi) is 21.6. The lowest BCUT2D eigenvalue weighted by molar-refractivity contribution is -0.148. The van der Waals surface area contributed by atoms with E-state index in [1.807, 2.05) is 9.80 Å². The number of aromatic nitrogens is 2. The Balaban J connectivity index is 1.08. The zero-order chi connectivity index (χ0) is 44.7. The van der Waals surface area contributed by atoms with E-state index in [2.05, 4.69) is 46.5 Å². The van der Waals surface area contributed by atoms with E-state index in [9.17, 15) is 24.0 Å². The van der Waals surface area contributed by atoms with Crippen LogP contribution in [0.25, 0.3) is 10.4 Å². The highest BCUT2D eigenvalue weighted by atomic mass is 16.6. The number of benzene rings is 1. The van der Waals surface area contributed by atoms with E-state index in [-0.39, 0.29) is 31.3 Å². The standard InChI is InChI=1S/C43H69N13O7/c1-33-31-56(43(61)50-40(33)58)38-30-36(51-52-44)37(63-38)32-62-39(57)8-2-3-23-53-24-7-26-55(29-22-49-16-5-14-47-20-27-53)42(60)35-11-9-34(10-12-35)41(59)54-25-6-17-46-19-18-45-13-4-15-48-21-28-54/h9-12,31,36-38,45-49H,2-8,13-30,32H2,1H3,(H,50,58,61). The summed E-state index contributed by atoms with van der Waals surface area (Å²) in [6, 6.07) is 6.47. The largest absolute Gasteiger partial charge is 0.463 e. The molecule has 0 bridgehead atoms. The molecule has 3 aliphatic heterocycles. The lowest BCUT2D eigenvalue weighted by atomic mass is 10.1. The molecule has 6 N–H and O–H groups in total. The molecule has 1 aromatic heterocycles. The van der Waals surface area contributed by atoms with Crippen LogP contribution in [0.15, 0.2) is 45.2 Å². The first kappa shape index (κ1) is 49.4. The first-order valence-corrected chi connectivity index (χ1v) is 22.9. The highest BCUT2D eigenvalue weighted by molar-refractivity contribution is 5.97. The number of hydrogen-bond donors (Lipinski definition) is 6. The monoisotopic (exact) mass is 880 g/mol. The Bertz CT molecular complexity index is 1870. The van der Waals surface area contributed by atoms with Crippen molar-refractivity contribution in [3.63, 3.8) is 0 Å². The van der Waals surface area contributed by atoms with E-state index in [0.717, 1.165) is 111 Å². The van der Waals surface area contributed by atoms with Gasteiger partial charge in [0.05, 0.1) is 6.04 Å². The number of carbonyl (C=O) groups is 3. The van der Waals surface area contributed by atoms with E-state index < -0.39 is 35.6 Å². The van der Waals surface area contributed by atoms with Crippen molar-refractivity contribution in [2.45, 2.75) is 76.7 Å². The van der Waals surface area contributed by atoms with Crippen LogP contribution in [0, 0.1) is 6.92 Å². The van der Waals surface area contributed by atoms with Crippen molar-refractivity contribution in [3.05, 3.63) is 78.4 Å². The fourth-order valence-electron chi connectivity index (χ4n) is 7.99. The van der Waals surface area contributed by atoms with E-state index in [1.165, 1.54) is 10.8 Å². The van der Waals surface area contributed by atoms with Crippen molar-refractivity contribution < 1.29 is 23.9 Å². The third kappa shape index (κ3) is 16.8. The van der Waals surface area contributed by atoms with E-state index in [4.69, 9.17) is 15.0 Å². The molecule has 2 aromatic rings. The van der Waals surface area contributed by atoms with Crippen molar-refractivity contribution in [1.29, 1.82) is 0 Å². The average molecular weight is 880 g/mol. The molecule has 4 heterocycles. The van der Waals surface area contributed by atoms with E-state index >= 15 is 0 Å². The number of carbonyl (C=O) groups excluding carboxylic acids is 3. The molecule has 0 saturated carbocycles. The summed E-state index contributed by atoms with van der Waals surface area (Å²) in [7, 11) is 0. The molecule has 20 nitrogen and oxygen atoms in total. The molecule has 3 atom stereocenters. The van der Waals surface area contributed by atoms with Gasteiger partial charge in [-0.3, -0.25) is 28.7 Å². The fourth-order valence-corrected chi connectivity index (χ4v) is 7.99. The number of azide groups is 1. The Hall–Kier alpha value is -4.66. The maximum Gasteiger partial charge on any atom is 0.330 e. The van der Waals surface area contributed by atoms with Gasteiger partial charge >= 0.3 is 11.7 Å². The predicted molar refractivity (Wildman–Crippen MR) is 240 cm³/mol. The second kappa shape index (κ2) is 27.5. The molecule has 63 heavy (non-hydrogen) atoms. The number of rotatable bonds is 11. The Morgan fingerprint density at radius 1 is 0.746 bits per heavy atom. The molecule has 5 rings (SSSR count). The predicted octanol–water partition coefficient (Wildman–Crippen LogP) is 0.947. The number of hydrogen-bond acceptors (Lipinski definition) is 14. The summed E-state index contributed by atoms with van der Waals surface area (Å²) in [5.74, 6) is -0.470. The Labute approximate surface area is 369 Å². The molecular formula is C43H69N13O7. The first-order valence-electron chi connectivity index (χ1n) is 22.9. The molecular weight excluding hydrogens is 811 g/mol.